The normalized spacial score (nSPS) is 11.3. The van der Waals surface area contributed by atoms with Gasteiger partial charge in [-0.1, -0.05) is 18.2 Å². The van der Waals surface area contributed by atoms with Crippen LogP contribution in [0.3, 0.4) is 0 Å². The molecule has 0 aromatic heterocycles. The summed E-state index contributed by atoms with van der Waals surface area (Å²) < 4.78 is 5.12. The van der Waals surface area contributed by atoms with E-state index in [0.717, 1.165) is 0 Å². The molecular formula is C12H14N2O2. The number of ether oxygens (including phenoxy) is 1. The summed E-state index contributed by atoms with van der Waals surface area (Å²) in [7, 11) is 1.62. The fourth-order valence-corrected chi connectivity index (χ4v) is 1.11. The number of nitrogens with zero attached hydrogens (tertiary/aromatic N) is 2. The van der Waals surface area contributed by atoms with E-state index < -0.39 is 6.09 Å². The molecule has 0 spiro atoms. The summed E-state index contributed by atoms with van der Waals surface area (Å²) in [6.45, 7) is 1.80. The number of benzene rings is 1. The highest BCUT2D eigenvalue weighted by molar-refractivity contribution is 5.70. The Morgan fingerprint density at radius 2 is 2.12 bits per heavy atom. The van der Waals surface area contributed by atoms with Crippen molar-refractivity contribution in [3.8, 4) is 11.8 Å². The Hall–Kier alpha value is -2.02. The van der Waals surface area contributed by atoms with Gasteiger partial charge in [-0.15, -0.1) is 0 Å². The molecule has 1 rings (SSSR count). The summed E-state index contributed by atoms with van der Waals surface area (Å²) in [6.07, 6.45) is -0.158. The van der Waals surface area contributed by atoms with E-state index >= 15 is 0 Å². The first-order chi connectivity index (χ1) is 7.65. The van der Waals surface area contributed by atoms with Gasteiger partial charge in [0.15, 0.2) is 0 Å². The van der Waals surface area contributed by atoms with Gasteiger partial charge in [0.1, 0.15) is 5.75 Å². The van der Waals surface area contributed by atoms with Crippen molar-refractivity contribution in [3.05, 3.63) is 30.3 Å². The molecule has 0 saturated carbocycles. The van der Waals surface area contributed by atoms with Crippen LogP contribution in [0.15, 0.2) is 30.3 Å². The van der Waals surface area contributed by atoms with E-state index in [-0.39, 0.29) is 6.04 Å². The van der Waals surface area contributed by atoms with Crippen LogP contribution in [0.4, 0.5) is 4.79 Å². The molecule has 0 bridgehead atoms. The number of para-hydroxylation sites is 1. The van der Waals surface area contributed by atoms with E-state index in [4.69, 9.17) is 10.00 Å². The van der Waals surface area contributed by atoms with Gasteiger partial charge in [0.2, 0.25) is 0 Å². The van der Waals surface area contributed by atoms with Crippen LogP contribution in [-0.4, -0.2) is 24.1 Å². The Morgan fingerprint density at radius 1 is 1.50 bits per heavy atom. The first-order valence-corrected chi connectivity index (χ1v) is 5.01. The molecule has 1 aromatic rings. The van der Waals surface area contributed by atoms with Gasteiger partial charge < -0.3 is 9.64 Å². The smallest absolute Gasteiger partial charge is 0.410 e. The molecule has 0 aliphatic rings. The maximum Gasteiger partial charge on any atom is 0.415 e. The van der Waals surface area contributed by atoms with Gasteiger partial charge in [-0.3, -0.25) is 0 Å². The molecule has 84 valence electrons. The highest BCUT2D eigenvalue weighted by Crippen LogP contribution is 2.11. The second-order valence-corrected chi connectivity index (χ2v) is 3.50. The van der Waals surface area contributed by atoms with Crippen LogP contribution in [0.5, 0.6) is 5.75 Å². The molecule has 0 aliphatic carbocycles. The minimum atomic E-state index is -0.450. The molecule has 4 nitrogen and oxygen atoms in total. The van der Waals surface area contributed by atoms with Crippen molar-refractivity contribution in [3.63, 3.8) is 0 Å². The van der Waals surface area contributed by atoms with E-state index in [2.05, 4.69) is 0 Å². The molecule has 4 heteroatoms. The number of carbonyl (C=O) groups is 1. The minimum absolute atomic E-state index is 0.152. The lowest BCUT2D eigenvalue weighted by Gasteiger charge is -2.21. The third kappa shape index (κ3) is 3.28. The molecular weight excluding hydrogens is 204 g/mol. The largest absolute Gasteiger partial charge is 0.415 e. The van der Waals surface area contributed by atoms with E-state index in [0.29, 0.717) is 12.2 Å². The SMILES string of the molecule is CC(CC#N)N(C)C(=O)Oc1ccccc1. The molecule has 0 saturated heterocycles. The van der Waals surface area contributed by atoms with E-state index in [9.17, 15) is 4.79 Å². The predicted octanol–water partition coefficient (Wildman–Crippen LogP) is 2.42. The van der Waals surface area contributed by atoms with Gasteiger partial charge in [0.05, 0.1) is 12.5 Å². The van der Waals surface area contributed by atoms with Crippen molar-refractivity contribution < 1.29 is 9.53 Å². The number of hydrogen-bond acceptors (Lipinski definition) is 3. The lowest BCUT2D eigenvalue weighted by Crippen LogP contribution is -2.36. The predicted molar refractivity (Wildman–Crippen MR) is 59.9 cm³/mol. The third-order valence-electron chi connectivity index (χ3n) is 2.28. The average molecular weight is 218 g/mol. The van der Waals surface area contributed by atoms with Gasteiger partial charge in [-0.05, 0) is 19.1 Å². The Kier molecular flexibility index (Phi) is 4.34. The average Bonchev–Trinajstić information content (AvgIpc) is 2.29. The van der Waals surface area contributed by atoms with Gasteiger partial charge in [0.25, 0.3) is 0 Å². The molecule has 0 N–H and O–H groups in total. The van der Waals surface area contributed by atoms with E-state index in [1.165, 1.54) is 4.90 Å². The minimum Gasteiger partial charge on any atom is -0.410 e. The van der Waals surface area contributed by atoms with Crippen molar-refractivity contribution >= 4 is 6.09 Å². The Bertz CT molecular complexity index is 384. The summed E-state index contributed by atoms with van der Waals surface area (Å²) in [5.41, 5.74) is 0. The summed E-state index contributed by atoms with van der Waals surface area (Å²) in [6, 6.07) is 10.7. The third-order valence-corrected chi connectivity index (χ3v) is 2.28. The molecule has 0 radical (unpaired) electrons. The van der Waals surface area contributed by atoms with Gasteiger partial charge in [0, 0.05) is 13.1 Å². The number of amides is 1. The second-order valence-electron chi connectivity index (χ2n) is 3.50. The van der Waals surface area contributed by atoms with Gasteiger partial charge in [-0.2, -0.15) is 5.26 Å². The van der Waals surface area contributed by atoms with Crippen molar-refractivity contribution in [2.45, 2.75) is 19.4 Å². The van der Waals surface area contributed by atoms with Crippen molar-refractivity contribution in [1.82, 2.24) is 4.90 Å². The zero-order valence-electron chi connectivity index (χ0n) is 9.38. The molecule has 0 heterocycles. The fraction of sp³-hybridized carbons (Fsp3) is 0.333. The Balaban J connectivity index is 2.56. The molecule has 1 aromatic carbocycles. The van der Waals surface area contributed by atoms with Crippen LogP contribution in [0.25, 0.3) is 0 Å². The van der Waals surface area contributed by atoms with Gasteiger partial charge in [-0.25, -0.2) is 4.79 Å². The Morgan fingerprint density at radius 3 is 2.69 bits per heavy atom. The maximum atomic E-state index is 11.6. The number of nitriles is 1. The maximum absolute atomic E-state index is 11.6. The number of hydrogen-bond donors (Lipinski definition) is 0. The summed E-state index contributed by atoms with van der Waals surface area (Å²) >= 11 is 0. The van der Waals surface area contributed by atoms with Crippen LogP contribution in [0, 0.1) is 11.3 Å². The molecule has 1 atom stereocenters. The molecule has 0 aliphatic heterocycles. The first kappa shape index (κ1) is 12.1. The van der Waals surface area contributed by atoms with Crippen LogP contribution in [-0.2, 0) is 0 Å². The van der Waals surface area contributed by atoms with Crippen LogP contribution >= 0.6 is 0 Å². The molecule has 16 heavy (non-hydrogen) atoms. The number of rotatable bonds is 3. The van der Waals surface area contributed by atoms with Crippen molar-refractivity contribution in [2.24, 2.45) is 0 Å². The van der Waals surface area contributed by atoms with Crippen LogP contribution in [0.2, 0.25) is 0 Å². The van der Waals surface area contributed by atoms with Crippen molar-refractivity contribution in [2.75, 3.05) is 7.05 Å². The fourth-order valence-electron chi connectivity index (χ4n) is 1.11. The highest BCUT2D eigenvalue weighted by Gasteiger charge is 2.17. The standard InChI is InChI=1S/C12H14N2O2/c1-10(8-9-13)14(2)12(15)16-11-6-4-3-5-7-11/h3-7,10H,8H2,1-2H3. The second kappa shape index (κ2) is 5.76. The first-order valence-electron chi connectivity index (χ1n) is 5.01. The van der Waals surface area contributed by atoms with Crippen molar-refractivity contribution in [1.29, 1.82) is 5.26 Å². The zero-order valence-corrected chi connectivity index (χ0v) is 9.38. The zero-order chi connectivity index (χ0) is 12.0. The summed E-state index contributed by atoms with van der Waals surface area (Å²) in [5, 5.41) is 8.53. The molecule has 1 amide bonds. The van der Waals surface area contributed by atoms with E-state index in [1.807, 2.05) is 12.1 Å². The Labute approximate surface area is 95.0 Å². The topological polar surface area (TPSA) is 53.3 Å². The quantitative estimate of drug-likeness (QED) is 0.782. The monoisotopic (exact) mass is 218 g/mol. The summed E-state index contributed by atoms with van der Waals surface area (Å²) in [4.78, 5) is 13.0. The number of carbonyl (C=O) groups excluding carboxylic acids is 1. The van der Waals surface area contributed by atoms with E-state index in [1.54, 1.807) is 38.2 Å². The molecule has 0 fully saturated rings. The van der Waals surface area contributed by atoms with Crippen LogP contribution in [0.1, 0.15) is 13.3 Å². The lowest BCUT2D eigenvalue weighted by atomic mass is 10.2. The summed E-state index contributed by atoms with van der Waals surface area (Å²) in [5.74, 6) is 0.503. The highest BCUT2D eigenvalue weighted by atomic mass is 16.6. The molecule has 1 unspecified atom stereocenters. The van der Waals surface area contributed by atoms with Gasteiger partial charge >= 0.3 is 6.09 Å². The van der Waals surface area contributed by atoms with Crippen LogP contribution < -0.4 is 4.74 Å². The lowest BCUT2D eigenvalue weighted by molar-refractivity contribution is 0.149.